The second-order valence-corrected chi connectivity index (χ2v) is 5.61. The number of rotatable bonds is 3. The number of aromatic nitrogens is 1. The largest absolute Gasteiger partial charge is 0.365 e. The van der Waals surface area contributed by atoms with E-state index < -0.39 is 9.84 Å². The Morgan fingerprint density at radius 3 is 2.47 bits per heavy atom. The molecule has 0 spiro atoms. The number of H-pyrrole nitrogens is 1. The number of aryl methyl sites for hydroxylation is 1. The van der Waals surface area contributed by atoms with Crippen LogP contribution in [-0.4, -0.2) is 13.4 Å². The lowest BCUT2D eigenvalue weighted by molar-refractivity contribution is 0.605. The van der Waals surface area contributed by atoms with Crippen LogP contribution < -0.4 is 0 Å². The molecule has 1 aromatic heterocycles. The summed E-state index contributed by atoms with van der Waals surface area (Å²) < 4.78 is 23.8. The van der Waals surface area contributed by atoms with E-state index in [1.165, 1.54) is 5.41 Å². The third kappa shape index (κ3) is 2.85. The topological polar surface area (TPSA) is 49.9 Å². The Hall–Kier alpha value is -1.81. The molecule has 17 heavy (non-hydrogen) atoms. The maximum atomic E-state index is 11.9. The third-order valence-electron chi connectivity index (χ3n) is 2.36. The van der Waals surface area contributed by atoms with Crippen LogP contribution in [-0.2, 0) is 9.84 Å². The molecule has 0 saturated carbocycles. The summed E-state index contributed by atoms with van der Waals surface area (Å²) in [6.07, 6.45) is 3.36. The molecule has 2 aromatic rings. The summed E-state index contributed by atoms with van der Waals surface area (Å²) in [4.78, 5) is 3.31. The van der Waals surface area contributed by atoms with Crippen molar-refractivity contribution in [3.63, 3.8) is 0 Å². The van der Waals surface area contributed by atoms with Gasteiger partial charge in [-0.2, -0.15) is 0 Å². The van der Waals surface area contributed by atoms with Crippen LogP contribution in [0.1, 0.15) is 11.3 Å². The molecule has 0 bridgehead atoms. The van der Waals surface area contributed by atoms with Gasteiger partial charge in [-0.25, -0.2) is 8.42 Å². The molecular weight excluding hydrogens is 234 g/mol. The van der Waals surface area contributed by atoms with Crippen molar-refractivity contribution in [2.45, 2.75) is 11.8 Å². The fourth-order valence-corrected chi connectivity index (χ4v) is 2.51. The van der Waals surface area contributed by atoms with Gasteiger partial charge in [0.15, 0.2) is 9.84 Å². The van der Waals surface area contributed by atoms with Gasteiger partial charge in [0.1, 0.15) is 0 Å². The molecule has 1 heterocycles. The number of aromatic amines is 1. The van der Waals surface area contributed by atoms with Gasteiger partial charge < -0.3 is 4.98 Å². The Kier molecular flexibility index (Phi) is 3.15. The predicted octanol–water partition coefficient (Wildman–Crippen LogP) is 2.77. The van der Waals surface area contributed by atoms with Crippen molar-refractivity contribution < 1.29 is 8.42 Å². The number of hydrogen-bond acceptors (Lipinski definition) is 2. The highest BCUT2D eigenvalue weighted by Gasteiger charge is 2.08. The molecular formula is C13H13NO2S. The fraction of sp³-hybridized carbons (Fsp3) is 0.0769. The van der Waals surface area contributed by atoms with Crippen LogP contribution in [0, 0.1) is 6.92 Å². The first kappa shape index (κ1) is 11.7. The van der Waals surface area contributed by atoms with E-state index in [0.29, 0.717) is 4.90 Å². The Bertz CT molecular complexity index is 624. The fourth-order valence-electron chi connectivity index (χ4n) is 1.48. The van der Waals surface area contributed by atoms with Gasteiger partial charge in [-0.15, -0.1) is 0 Å². The van der Waals surface area contributed by atoms with Crippen LogP contribution in [0.5, 0.6) is 0 Å². The molecule has 0 saturated heterocycles. The molecule has 0 aliphatic heterocycles. The first-order valence-corrected chi connectivity index (χ1v) is 6.76. The van der Waals surface area contributed by atoms with Crippen LogP contribution in [0.4, 0.5) is 0 Å². The zero-order chi connectivity index (χ0) is 12.3. The highest BCUT2D eigenvalue weighted by molar-refractivity contribution is 7.94. The summed E-state index contributed by atoms with van der Waals surface area (Å²) in [5, 5.41) is 1.23. The quantitative estimate of drug-likeness (QED) is 0.906. The zero-order valence-electron chi connectivity index (χ0n) is 9.42. The highest BCUT2D eigenvalue weighted by atomic mass is 32.2. The van der Waals surface area contributed by atoms with E-state index in [4.69, 9.17) is 0 Å². The minimum Gasteiger partial charge on any atom is -0.365 e. The van der Waals surface area contributed by atoms with E-state index >= 15 is 0 Å². The van der Waals surface area contributed by atoms with Crippen molar-refractivity contribution in [2.24, 2.45) is 0 Å². The lowest BCUT2D eigenvalue weighted by atomic mass is 10.3. The summed E-state index contributed by atoms with van der Waals surface area (Å²) in [5.74, 6) is 0. The summed E-state index contributed by atoms with van der Waals surface area (Å²) in [6.45, 7) is 1.92. The van der Waals surface area contributed by atoms with Crippen molar-refractivity contribution in [3.8, 4) is 0 Å². The molecule has 0 radical (unpaired) electrons. The van der Waals surface area contributed by atoms with Crippen LogP contribution in [0.25, 0.3) is 6.08 Å². The number of hydrogen-bond donors (Lipinski definition) is 1. The molecule has 2 rings (SSSR count). The highest BCUT2D eigenvalue weighted by Crippen LogP contribution is 2.13. The molecule has 4 heteroatoms. The molecule has 88 valence electrons. The van der Waals surface area contributed by atoms with E-state index in [2.05, 4.69) is 4.98 Å². The zero-order valence-corrected chi connectivity index (χ0v) is 10.2. The predicted molar refractivity (Wildman–Crippen MR) is 68.2 cm³/mol. The van der Waals surface area contributed by atoms with Crippen molar-refractivity contribution in [1.82, 2.24) is 4.98 Å². The van der Waals surface area contributed by atoms with E-state index in [0.717, 1.165) is 11.3 Å². The summed E-state index contributed by atoms with van der Waals surface area (Å²) >= 11 is 0. The van der Waals surface area contributed by atoms with Crippen molar-refractivity contribution in [2.75, 3.05) is 0 Å². The lowest BCUT2D eigenvalue weighted by Gasteiger charge is -1.96. The summed E-state index contributed by atoms with van der Waals surface area (Å²) in [7, 11) is -3.34. The number of nitrogens with one attached hydrogen (secondary N) is 1. The van der Waals surface area contributed by atoms with Gasteiger partial charge in [-0.3, -0.25) is 0 Å². The van der Waals surface area contributed by atoms with Crippen molar-refractivity contribution in [3.05, 3.63) is 59.3 Å². The second kappa shape index (κ2) is 4.59. The first-order chi connectivity index (χ1) is 8.08. The normalized spacial score (nSPS) is 12.1. The summed E-state index contributed by atoms with van der Waals surface area (Å²) in [6, 6.07) is 10.3. The molecule has 0 unspecified atom stereocenters. The molecule has 3 nitrogen and oxygen atoms in total. The minimum atomic E-state index is -3.34. The van der Waals surface area contributed by atoms with Gasteiger partial charge in [0, 0.05) is 17.3 Å². The van der Waals surface area contributed by atoms with E-state index in [9.17, 15) is 8.42 Å². The lowest BCUT2D eigenvalue weighted by Crippen LogP contribution is -1.94. The molecule has 0 aliphatic carbocycles. The third-order valence-corrected chi connectivity index (χ3v) is 3.78. The minimum absolute atomic E-state index is 0.309. The van der Waals surface area contributed by atoms with Crippen LogP contribution >= 0.6 is 0 Å². The average Bonchev–Trinajstić information content (AvgIpc) is 2.74. The molecule has 0 atom stereocenters. The van der Waals surface area contributed by atoms with Gasteiger partial charge in [-0.05, 0) is 36.8 Å². The number of sulfone groups is 1. The van der Waals surface area contributed by atoms with E-state index in [1.54, 1.807) is 42.6 Å². The van der Waals surface area contributed by atoms with Crippen LogP contribution in [0.3, 0.4) is 0 Å². The molecule has 0 amide bonds. The van der Waals surface area contributed by atoms with Gasteiger partial charge in [0.2, 0.25) is 0 Å². The van der Waals surface area contributed by atoms with E-state index in [1.807, 2.05) is 13.0 Å². The molecule has 0 fully saturated rings. The van der Waals surface area contributed by atoms with Crippen LogP contribution in [0.2, 0.25) is 0 Å². The SMILES string of the molecule is Cc1cc(/C=C/S(=O)(=O)c2ccccc2)c[nH]1. The van der Waals surface area contributed by atoms with Crippen LogP contribution in [0.15, 0.2) is 52.9 Å². The Morgan fingerprint density at radius 2 is 1.88 bits per heavy atom. The first-order valence-electron chi connectivity index (χ1n) is 5.21. The number of benzene rings is 1. The van der Waals surface area contributed by atoms with Gasteiger partial charge in [0.25, 0.3) is 0 Å². The molecule has 0 aliphatic rings. The second-order valence-electron chi connectivity index (χ2n) is 3.78. The Labute approximate surface area is 101 Å². The monoisotopic (exact) mass is 247 g/mol. The van der Waals surface area contributed by atoms with Gasteiger partial charge >= 0.3 is 0 Å². The van der Waals surface area contributed by atoms with Crippen molar-refractivity contribution in [1.29, 1.82) is 0 Å². The Morgan fingerprint density at radius 1 is 1.18 bits per heavy atom. The Balaban J connectivity index is 2.27. The standard InChI is InChI=1S/C13H13NO2S/c1-11-9-12(10-14-11)7-8-17(15,16)13-5-3-2-4-6-13/h2-10,14H,1H3/b8-7+. The van der Waals surface area contributed by atoms with E-state index in [-0.39, 0.29) is 0 Å². The smallest absolute Gasteiger partial charge is 0.199 e. The molecule has 1 aromatic carbocycles. The summed E-state index contributed by atoms with van der Waals surface area (Å²) in [5.41, 5.74) is 1.85. The maximum Gasteiger partial charge on any atom is 0.199 e. The maximum absolute atomic E-state index is 11.9. The van der Waals surface area contributed by atoms with Crippen molar-refractivity contribution >= 4 is 15.9 Å². The van der Waals surface area contributed by atoms with Gasteiger partial charge in [-0.1, -0.05) is 18.2 Å². The average molecular weight is 247 g/mol. The van der Waals surface area contributed by atoms with Gasteiger partial charge in [0.05, 0.1) is 4.90 Å². The molecule has 1 N–H and O–H groups in total.